The summed E-state index contributed by atoms with van der Waals surface area (Å²) in [7, 11) is 0. The third kappa shape index (κ3) is 3.88. The van der Waals surface area contributed by atoms with E-state index in [1.807, 2.05) is 18.2 Å². The van der Waals surface area contributed by atoms with Crippen LogP contribution in [-0.2, 0) is 17.6 Å². The van der Waals surface area contributed by atoms with Gasteiger partial charge in [0.2, 0.25) is 0 Å². The first-order chi connectivity index (χ1) is 15.2. The lowest BCUT2D eigenvalue weighted by Gasteiger charge is -2.12. The average Bonchev–Trinajstić information content (AvgIpc) is 3.46. The van der Waals surface area contributed by atoms with Crippen LogP contribution in [0.2, 0.25) is 0 Å². The van der Waals surface area contributed by atoms with Crippen molar-refractivity contribution in [3.8, 4) is 5.75 Å². The SMILES string of the molecule is O=C(COc1cccc(NC(=O)c2ccco2)c1)Nc1ccc2c3c(cccc13)CC2. The molecule has 1 aromatic heterocycles. The molecule has 6 heteroatoms. The minimum atomic E-state index is -0.355. The van der Waals surface area contributed by atoms with Crippen LogP contribution in [0.5, 0.6) is 5.75 Å². The molecule has 31 heavy (non-hydrogen) atoms. The summed E-state index contributed by atoms with van der Waals surface area (Å²) in [6.45, 7) is -0.140. The number of ether oxygens (including phenoxy) is 1. The average molecular weight is 412 g/mol. The van der Waals surface area contributed by atoms with Crippen molar-refractivity contribution in [3.63, 3.8) is 0 Å². The minimum absolute atomic E-state index is 0.140. The molecule has 0 atom stereocenters. The largest absolute Gasteiger partial charge is 0.484 e. The van der Waals surface area contributed by atoms with Gasteiger partial charge in [-0.1, -0.05) is 30.3 Å². The van der Waals surface area contributed by atoms with E-state index in [4.69, 9.17) is 9.15 Å². The number of hydrogen-bond donors (Lipinski definition) is 2. The molecule has 5 rings (SSSR count). The molecule has 1 aliphatic carbocycles. The van der Waals surface area contributed by atoms with Crippen LogP contribution >= 0.6 is 0 Å². The molecule has 0 unspecified atom stereocenters. The standard InChI is InChI=1S/C25H20N2O4/c28-23(27-21-12-11-17-10-9-16-4-1-7-20(21)24(16)17)15-31-19-6-2-5-18(14-19)26-25(29)22-8-3-13-30-22/h1-8,11-14H,9-10,15H2,(H,26,29)(H,27,28). The van der Waals surface area contributed by atoms with E-state index in [2.05, 4.69) is 22.8 Å². The molecule has 0 bridgehead atoms. The maximum atomic E-state index is 12.5. The summed E-state index contributed by atoms with van der Waals surface area (Å²) in [5.74, 6) is 0.0968. The van der Waals surface area contributed by atoms with Gasteiger partial charge in [-0.05, 0) is 59.7 Å². The smallest absolute Gasteiger partial charge is 0.291 e. The van der Waals surface area contributed by atoms with Gasteiger partial charge in [0.05, 0.1) is 6.26 Å². The quantitative estimate of drug-likeness (QED) is 0.477. The summed E-state index contributed by atoms with van der Waals surface area (Å²) >= 11 is 0. The summed E-state index contributed by atoms with van der Waals surface area (Å²) in [6.07, 6.45) is 3.52. The Bertz CT molecular complexity index is 1270. The Morgan fingerprint density at radius 3 is 2.58 bits per heavy atom. The fourth-order valence-electron chi connectivity index (χ4n) is 3.96. The fraction of sp³-hybridized carbons (Fsp3) is 0.120. The van der Waals surface area contributed by atoms with E-state index >= 15 is 0 Å². The van der Waals surface area contributed by atoms with Crippen LogP contribution in [0, 0.1) is 0 Å². The van der Waals surface area contributed by atoms with Crippen molar-refractivity contribution in [3.05, 3.63) is 89.9 Å². The summed E-state index contributed by atoms with van der Waals surface area (Å²) in [4.78, 5) is 24.6. The van der Waals surface area contributed by atoms with Gasteiger partial charge in [0.1, 0.15) is 5.75 Å². The van der Waals surface area contributed by atoms with Crippen LogP contribution < -0.4 is 15.4 Å². The molecule has 0 fully saturated rings. The van der Waals surface area contributed by atoms with Crippen molar-refractivity contribution in [2.24, 2.45) is 0 Å². The molecule has 1 heterocycles. The van der Waals surface area contributed by atoms with Crippen LogP contribution in [0.4, 0.5) is 11.4 Å². The number of furan rings is 1. The molecule has 0 saturated heterocycles. The summed E-state index contributed by atoms with van der Waals surface area (Å²) in [6, 6.07) is 20.4. The van der Waals surface area contributed by atoms with Crippen LogP contribution in [-0.4, -0.2) is 18.4 Å². The van der Waals surface area contributed by atoms with E-state index in [1.165, 1.54) is 22.8 Å². The zero-order chi connectivity index (χ0) is 21.2. The van der Waals surface area contributed by atoms with Gasteiger partial charge in [0.25, 0.3) is 11.8 Å². The molecule has 0 aliphatic heterocycles. The second kappa shape index (κ2) is 7.99. The number of nitrogens with one attached hydrogen (secondary N) is 2. The van der Waals surface area contributed by atoms with Crippen molar-refractivity contribution >= 4 is 34.0 Å². The van der Waals surface area contributed by atoms with Gasteiger partial charge < -0.3 is 19.8 Å². The summed E-state index contributed by atoms with van der Waals surface area (Å²) < 4.78 is 10.7. The topological polar surface area (TPSA) is 80.6 Å². The highest BCUT2D eigenvalue weighted by Gasteiger charge is 2.17. The highest BCUT2D eigenvalue weighted by molar-refractivity contribution is 6.05. The Morgan fingerprint density at radius 1 is 0.903 bits per heavy atom. The molecule has 3 aromatic carbocycles. The first-order valence-corrected chi connectivity index (χ1v) is 10.1. The van der Waals surface area contributed by atoms with Crippen molar-refractivity contribution in [2.45, 2.75) is 12.8 Å². The minimum Gasteiger partial charge on any atom is -0.484 e. The molecule has 0 radical (unpaired) electrons. The van der Waals surface area contributed by atoms with E-state index < -0.39 is 0 Å². The maximum Gasteiger partial charge on any atom is 0.291 e. The second-order valence-electron chi connectivity index (χ2n) is 7.41. The normalized spacial score (nSPS) is 12.0. The van der Waals surface area contributed by atoms with E-state index in [0.717, 1.165) is 23.9 Å². The number of aryl methyl sites for hydroxylation is 2. The number of anilines is 2. The Kier molecular flexibility index (Phi) is 4.88. The number of hydrogen-bond acceptors (Lipinski definition) is 4. The third-order valence-electron chi connectivity index (χ3n) is 5.36. The summed E-state index contributed by atoms with van der Waals surface area (Å²) in [5, 5.41) is 8.00. The predicted molar refractivity (Wildman–Crippen MR) is 119 cm³/mol. The first kappa shape index (κ1) is 18.9. The second-order valence-corrected chi connectivity index (χ2v) is 7.41. The first-order valence-electron chi connectivity index (χ1n) is 10.1. The summed E-state index contributed by atoms with van der Waals surface area (Å²) in [5.41, 5.74) is 3.99. The molecular weight excluding hydrogens is 392 g/mol. The molecule has 2 amide bonds. The molecule has 1 aliphatic rings. The van der Waals surface area contributed by atoms with Crippen LogP contribution in [0.15, 0.2) is 77.4 Å². The predicted octanol–water partition coefficient (Wildman–Crippen LogP) is 4.80. The molecule has 4 aromatic rings. The highest BCUT2D eigenvalue weighted by atomic mass is 16.5. The van der Waals surface area contributed by atoms with Gasteiger partial charge in [-0.3, -0.25) is 9.59 Å². The van der Waals surface area contributed by atoms with Crippen molar-refractivity contribution < 1.29 is 18.7 Å². The molecule has 154 valence electrons. The fourth-order valence-corrected chi connectivity index (χ4v) is 3.96. The van der Waals surface area contributed by atoms with Crippen molar-refractivity contribution in [1.82, 2.24) is 0 Å². The Labute approximate surface area is 178 Å². The number of benzene rings is 3. The van der Waals surface area contributed by atoms with Gasteiger partial charge >= 0.3 is 0 Å². The number of carbonyl (C=O) groups excluding carboxylic acids is 2. The van der Waals surface area contributed by atoms with E-state index in [1.54, 1.807) is 36.4 Å². The zero-order valence-electron chi connectivity index (χ0n) is 16.7. The van der Waals surface area contributed by atoms with E-state index in [0.29, 0.717) is 11.4 Å². The van der Waals surface area contributed by atoms with Gasteiger partial charge in [0, 0.05) is 22.8 Å². The van der Waals surface area contributed by atoms with Crippen LogP contribution in [0.3, 0.4) is 0 Å². The van der Waals surface area contributed by atoms with E-state index in [-0.39, 0.29) is 24.2 Å². The Morgan fingerprint density at radius 2 is 1.74 bits per heavy atom. The van der Waals surface area contributed by atoms with Gasteiger partial charge in [-0.15, -0.1) is 0 Å². The number of rotatable bonds is 6. The Balaban J connectivity index is 1.24. The van der Waals surface area contributed by atoms with Gasteiger partial charge in [-0.2, -0.15) is 0 Å². The number of amides is 2. The third-order valence-corrected chi connectivity index (χ3v) is 5.36. The van der Waals surface area contributed by atoms with Gasteiger partial charge in [0.15, 0.2) is 12.4 Å². The zero-order valence-corrected chi connectivity index (χ0v) is 16.7. The van der Waals surface area contributed by atoms with Crippen LogP contribution in [0.25, 0.3) is 10.8 Å². The van der Waals surface area contributed by atoms with Gasteiger partial charge in [-0.25, -0.2) is 0 Å². The molecule has 0 spiro atoms. The highest BCUT2D eigenvalue weighted by Crippen LogP contribution is 2.35. The Hall–Kier alpha value is -4.06. The molecular formula is C25H20N2O4. The maximum absolute atomic E-state index is 12.5. The lowest BCUT2D eigenvalue weighted by Crippen LogP contribution is -2.20. The van der Waals surface area contributed by atoms with Crippen LogP contribution in [0.1, 0.15) is 21.7 Å². The van der Waals surface area contributed by atoms with E-state index in [9.17, 15) is 9.59 Å². The molecule has 2 N–H and O–H groups in total. The monoisotopic (exact) mass is 412 g/mol. The lowest BCUT2D eigenvalue weighted by atomic mass is 10.0. The molecule has 6 nitrogen and oxygen atoms in total. The lowest BCUT2D eigenvalue weighted by molar-refractivity contribution is -0.118. The van der Waals surface area contributed by atoms with Crippen molar-refractivity contribution in [1.29, 1.82) is 0 Å². The van der Waals surface area contributed by atoms with Crippen molar-refractivity contribution in [2.75, 3.05) is 17.2 Å². The number of carbonyl (C=O) groups is 2. The molecule has 0 saturated carbocycles.